The number of carbonyl (C=O) groups excluding carboxylic acids is 1. The Labute approximate surface area is 107 Å². The Balaban J connectivity index is 1.39. The van der Waals surface area contributed by atoms with Crippen molar-refractivity contribution in [2.24, 2.45) is 5.92 Å². The average molecular weight is 248 g/mol. The van der Waals surface area contributed by atoms with Gasteiger partial charge < -0.3 is 4.90 Å². The molecule has 2 fully saturated rings. The zero-order valence-corrected chi connectivity index (χ0v) is 10.7. The number of rotatable bonds is 4. The van der Waals surface area contributed by atoms with Crippen LogP contribution in [-0.4, -0.2) is 38.9 Å². The van der Waals surface area contributed by atoms with Crippen LogP contribution in [0.3, 0.4) is 0 Å². The van der Waals surface area contributed by atoms with E-state index in [2.05, 4.69) is 10.3 Å². The summed E-state index contributed by atoms with van der Waals surface area (Å²) in [6, 6.07) is 0.336. The normalized spacial score (nSPS) is 21.2. The van der Waals surface area contributed by atoms with Crippen molar-refractivity contribution < 1.29 is 4.79 Å². The van der Waals surface area contributed by atoms with Crippen LogP contribution in [0, 0.1) is 5.92 Å². The number of nitrogens with zero attached hydrogens (tertiary/aromatic N) is 4. The van der Waals surface area contributed by atoms with E-state index in [1.54, 1.807) is 6.20 Å². The summed E-state index contributed by atoms with van der Waals surface area (Å²) >= 11 is 0. The summed E-state index contributed by atoms with van der Waals surface area (Å²) in [6.07, 6.45) is 10.7. The number of hydrogen-bond acceptors (Lipinski definition) is 3. The van der Waals surface area contributed by atoms with Crippen molar-refractivity contribution in [3.8, 4) is 0 Å². The van der Waals surface area contributed by atoms with Gasteiger partial charge in [-0.25, -0.2) is 4.68 Å². The lowest BCUT2D eigenvalue weighted by atomic mass is 10.0. The molecule has 2 heterocycles. The predicted molar refractivity (Wildman–Crippen MR) is 66.8 cm³/mol. The van der Waals surface area contributed by atoms with E-state index in [9.17, 15) is 4.79 Å². The molecule has 5 heteroatoms. The molecule has 1 aromatic heterocycles. The first-order valence-electron chi connectivity index (χ1n) is 6.96. The molecule has 3 rings (SSSR count). The summed E-state index contributed by atoms with van der Waals surface area (Å²) in [5, 5.41) is 7.76. The molecule has 1 saturated heterocycles. The third kappa shape index (κ3) is 2.40. The molecule has 98 valence electrons. The van der Waals surface area contributed by atoms with Crippen molar-refractivity contribution in [3.63, 3.8) is 0 Å². The van der Waals surface area contributed by atoms with E-state index in [0.717, 1.165) is 31.8 Å². The van der Waals surface area contributed by atoms with Gasteiger partial charge in [0.15, 0.2) is 0 Å². The van der Waals surface area contributed by atoms with Crippen molar-refractivity contribution >= 4 is 5.91 Å². The number of likely N-dealkylation sites (tertiary alicyclic amines) is 1. The Morgan fingerprint density at radius 3 is 2.72 bits per heavy atom. The van der Waals surface area contributed by atoms with Crippen molar-refractivity contribution in [2.45, 2.75) is 44.6 Å². The predicted octanol–water partition coefficient (Wildman–Crippen LogP) is 1.63. The molecule has 18 heavy (non-hydrogen) atoms. The van der Waals surface area contributed by atoms with Crippen LogP contribution in [0.2, 0.25) is 0 Å². The summed E-state index contributed by atoms with van der Waals surface area (Å²) in [5.74, 6) is 1.12. The number of amides is 1. The Hall–Kier alpha value is -1.39. The standard InChI is InChI=1S/C13H20N4O/c18-13(6-5-11-3-1-2-4-11)16-9-12(10-16)17-8-7-14-15-17/h7-8,11-12H,1-6,9-10H2. The molecule has 0 bridgehead atoms. The van der Waals surface area contributed by atoms with Gasteiger partial charge in [0, 0.05) is 25.7 Å². The zero-order valence-electron chi connectivity index (χ0n) is 10.7. The summed E-state index contributed by atoms with van der Waals surface area (Å²) in [7, 11) is 0. The third-order valence-corrected chi connectivity index (χ3v) is 4.27. The van der Waals surface area contributed by atoms with Crippen LogP contribution < -0.4 is 0 Å². The fraction of sp³-hybridized carbons (Fsp3) is 0.769. The van der Waals surface area contributed by atoms with Gasteiger partial charge in [0.05, 0.1) is 12.2 Å². The molecule has 1 aliphatic heterocycles. The second kappa shape index (κ2) is 5.08. The van der Waals surface area contributed by atoms with Gasteiger partial charge in [-0.3, -0.25) is 4.79 Å². The van der Waals surface area contributed by atoms with E-state index in [4.69, 9.17) is 0 Å². The highest BCUT2D eigenvalue weighted by Gasteiger charge is 2.32. The Kier molecular flexibility index (Phi) is 3.30. The van der Waals surface area contributed by atoms with E-state index in [1.807, 2.05) is 15.8 Å². The van der Waals surface area contributed by atoms with Gasteiger partial charge in [-0.15, -0.1) is 5.10 Å². The smallest absolute Gasteiger partial charge is 0.222 e. The molecule has 0 N–H and O–H groups in total. The molecule has 0 atom stereocenters. The SMILES string of the molecule is O=C(CCC1CCCC1)N1CC(n2ccnn2)C1. The van der Waals surface area contributed by atoms with Crippen LogP contribution in [0.5, 0.6) is 0 Å². The lowest BCUT2D eigenvalue weighted by molar-refractivity contribution is -0.137. The number of aromatic nitrogens is 3. The zero-order chi connectivity index (χ0) is 12.4. The first kappa shape index (κ1) is 11.7. The summed E-state index contributed by atoms with van der Waals surface area (Å²) in [5.41, 5.74) is 0. The van der Waals surface area contributed by atoms with Crippen LogP contribution in [0.25, 0.3) is 0 Å². The second-order valence-corrected chi connectivity index (χ2v) is 5.52. The van der Waals surface area contributed by atoms with E-state index in [1.165, 1.54) is 25.7 Å². The van der Waals surface area contributed by atoms with Gasteiger partial charge in [-0.2, -0.15) is 0 Å². The van der Waals surface area contributed by atoms with E-state index in [-0.39, 0.29) is 0 Å². The first-order valence-corrected chi connectivity index (χ1v) is 6.96. The fourth-order valence-electron chi connectivity index (χ4n) is 3.02. The van der Waals surface area contributed by atoms with Gasteiger partial charge in [0.1, 0.15) is 0 Å². The minimum Gasteiger partial charge on any atom is -0.338 e. The van der Waals surface area contributed by atoms with Crippen LogP contribution in [-0.2, 0) is 4.79 Å². The summed E-state index contributed by atoms with van der Waals surface area (Å²) < 4.78 is 1.85. The molecule has 1 amide bonds. The van der Waals surface area contributed by atoms with Gasteiger partial charge in [-0.05, 0) is 12.3 Å². The average Bonchev–Trinajstić information content (AvgIpc) is 2.97. The van der Waals surface area contributed by atoms with Gasteiger partial charge >= 0.3 is 0 Å². The minimum atomic E-state index is 0.318. The second-order valence-electron chi connectivity index (χ2n) is 5.52. The molecule has 1 saturated carbocycles. The Morgan fingerprint density at radius 2 is 2.06 bits per heavy atom. The van der Waals surface area contributed by atoms with Crippen LogP contribution in [0.4, 0.5) is 0 Å². The van der Waals surface area contributed by atoms with Gasteiger partial charge in [-0.1, -0.05) is 30.9 Å². The lowest BCUT2D eigenvalue weighted by Crippen LogP contribution is -2.50. The maximum absolute atomic E-state index is 12.0. The third-order valence-electron chi connectivity index (χ3n) is 4.27. The highest BCUT2D eigenvalue weighted by Crippen LogP contribution is 2.29. The van der Waals surface area contributed by atoms with Crippen molar-refractivity contribution in [1.29, 1.82) is 0 Å². The molecule has 0 unspecified atom stereocenters. The molecule has 2 aliphatic rings. The highest BCUT2D eigenvalue weighted by atomic mass is 16.2. The maximum Gasteiger partial charge on any atom is 0.222 e. The van der Waals surface area contributed by atoms with Gasteiger partial charge in [0.25, 0.3) is 0 Å². The Bertz CT molecular complexity index is 391. The molecule has 5 nitrogen and oxygen atoms in total. The summed E-state index contributed by atoms with van der Waals surface area (Å²) in [4.78, 5) is 13.9. The minimum absolute atomic E-state index is 0.318. The fourth-order valence-corrected chi connectivity index (χ4v) is 3.02. The topological polar surface area (TPSA) is 51.0 Å². The maximum atomic E-state index is 12.0. The van der Waals surface area contributed by atoms with Crippen molar-refractivity contribution in [3.05, 3.63) is 12.4 Å². The molecular weight excluding hydrogens is 228 g/mol. The molecule has 1 aromatic rings. The van der Waals surface area contributed by atoms with Crippen LogP contribution in [0.15, 0.2) is 12.4 Å². The summed E-state index contributed by atoms with van der Waals surface area (Å²) in [6.45, 7) is 1.60. The largest absolute Gasteiger partial charge is 0.338 e. The van der Waals surface area contributed by atoms with Crippen LogP contribution >= 0.6 is 0 Å². The molecule has 0 radical (unpaired) electrons. The monoisotopic (exact) mass is 248 g/mol. The molecule has 0 aromatic carbocycles. The molecular formula is C13H20N4O. The van der Waals surface area contributed by atoms with Crippen molar-refractivity contribution in [1.82, 2.24) is 19.9 Å². The van der Waals surface area contributed by atoms with Crippen LogP contribution in [0.1, 0.15) is 44.6 Å². The molecule has 1 aliphatic carbocycles. The lowest BCUT2D eigenvalue weighted by Gasteiger charge is -2.39. The molecule has 0 spiro atoms. The quantitative estimate of drug-likeness (QED) is 0.813. The van der Waals surface area contributed by atoms with E-state index in [0.29, 0.717) is 11.9 Å². The van der Waals surface area contributed by atoms with Crippen molar-refractivity contribution in [2.75, 3.05) is 13.1 Å². The first-order chi connectivity index (χ1) is 8.83. The highest BCUT2D eigenvalue weighted by molar-refractivity contribution is 5.77. The van der Waals surface area contributed by atoms with Gasteiger partial charge in [0.2, 0.25) is 5.91 Å². The van der Waals surface area contributed by atoms with E-state index >= 15 is 0 Å². The Morgan fingerprint density at radius 1 is 1.28 bits per heavy atom. The van der Waals surface area contributed by atoms with E-state index < -0.39 is 0 Å². The number of carbonyl (C=O) groups is 1. The number of hydrogen-bond donors (Lipinski definition) is 0.